The van der Waals surface area contributed by atoms with Crippen LogP contribution in [0.15, 0.2) is 0 Å². The molecule has 1 amide bonds. The molecule has 0 saturated heterocycles. The molecule has 8 nitrogen and oxygen atoms in total. The highest BCUT2D eigenvalue weighted by Crippen LogP contribution is 2.18. The number of nitrogens with one attached hydrogen (secondary N) is 1. The van der Waals surface area contributed by atoms with E-state index in [9.17, 15) is 19.2 Å². The van der Waals surface area contributed by atoms with Crippen molar-refractivity contribution in [3.05, 3.63) is 0 Å². The molecule has 0 aromatic carbocycles. The molecule has 0 rings (SSSR count). The lowest BCUT2D eigenvalue weighted by Gasteiger charge is -2.17. The van der Waals surface area contributed by atoms with E-state index in [1.54, 1.807) is 0 Å². The van der Waals surface area contributed by atoms with E-state index >= 15 is 0 Å². The highest BCUT2D eigenvalue weighted by molar-refractivity contribution is 8.76. The van der Waals surface area contributed by atoms with Crippen molar-refractivity contribution < 1.29 is 29.4 Å². The van der Waals surface area contributed by atoms with E-state index in [0.29, 0.717) is 5.75 Å². The van der Waals surface area contributed by atoms with Crippen LogP contribution < -0.4 is 11.1 Å². The van der Waals surface area contributed by atoms with Gasteiger partial charge in [0.05, 0.1) is 12.5 Å². The standard InChI is InChI=1S/C12H20N2O6S2/c1-21-22-6-8(9(15)3-5-11(17)18)14-10(16)4-2-7(13)12(19)20/h7-8H,2-6,13H2,1H3,(H,14,16)(H,17,18)(H,19,20)/t7-,8-/m0/s1. The van der Waals surface area contributed by atoms with Crippen molar-refractivity contribution in [3.8, 4) is 0 Å². The maximum Gasteiger partial charge on any atom is 0.320 e. The number of rotatable bonds is 12. The number of ketones is 1. The van der Waals surface area contributed by atoms with Crippen molar-refractivity contribution in [2.24, 2.45) is 5.73 Å². The van der Waals surface area contributed by atoms with E-state index in [0.717, 1.165) is 0 Å². The molecule has 10 heteroatoms. The largest absolute Gasteiger partial charge is 0.481 e. The Labute approximate surface area is 136 Å². The molecule has 0 spiro atoms. The molecule has 0 fully saturated rings. The summed E-state index contributed by atoms with van der Waals surface area (Å²) in [6.45, 7) is 0. The lowest BCUT2D eigenvalue weighted by Crippen LogP contribution is -2.43. The second kappa shape index (κ2) is 11.3. The van der Waals surface area contributed by atoms with Crippen molar-refractivity contribution in [1.82, 2.24) is 5.32 Å². The number of amides is 1. The van der Waals surface area contributed by atoms with Crippen molar-refractivity contribution in [1.29, 1.82) is 0 Å². The van der Waals surface area contributed by atoms with Crippen molar-refractivity contribution >= 4 is 45.2 Å². The zero-order valence-electron chi connectivity index (χ0n) is 12.1. The van der Waals surface area contributed by atoms with E-state index in [1.807, 2.05) is 6.26 Å². The van der Waals surface area contributed by atoms with Crippen LogP contribution in [0.5, 0.6) is 0 Å². The second-order valence-corrected chi connectivity index (χ2v) is 7.02. The summed E-state index contributed by atoms with van der Waals surface area (Å²) in [5.41, 5.74) is 5.30. The summed E-state index contributed by atoms with van der Waals surface area (Å²) in [5, 5.41) is 19.7. The summed E-state index contributed by atoms with van der Waals surface area (Å²) in [4.78, 5) is 44.7. The Bertz CT molecular complexity index is 418. The lowest BCUT2D eigenvalue weighted by molar-refractivity contribution is -0.139. The first-order valence-corrected chi connectivity index (χ1v) is 9.18. The summed E-state index contributed by atoms with van der Waals surface area (Å²) in [7, 11) is 2.79. The monoisotopic (exact) mass is 352 g/mol. The number of carbonyl (C=O) groups is 4. The molecule has 126 valence electrons. The molecular formula is C12H20N2O6S2. The van der Waals surface area contributed by atoms with Crippen LogP contribution in [0, 0.1) is 0 Å². The molecule has 0 radical (unpaired) electrons. The van der Waals surface area contributed by atoms with Gasteiger partial charge in [-0.05, 0) is 12.7 Å². The Balaban J connectivity index is 4.43. The normalized spacial score (nSPS) is 13.2. The van der Waals surface area contributed by atoms with E-state index in [1.165, 1.54) is 21.6 Å². The molecular weight excluding hydrogens is 332 g/mol. The molecule has 0 unspecified atom stereocenters. The number of nitrogens with two attached hydrogens (primary N) is 1. The van der Waals surface area contributed by atoms with Gasteiger partial charge in [0.1, 0.15) is 6.04 Å². The van der Waals surface area contributed by atoms with Crippen LogP contribution in [-0.2, 0) is 19.2 Å². The van der Waals surface area contributed by atoms with Gasteiger partial charge in [0.15, 0.2) is 5.78 Å². The topological polar surface area (TPSA) is 147 Å². The fourth-order valence-electron chi connectivity index (χ4n) is 1.43. The number of carboxylic acid groups (broad SMARTS) is 2. The van der Waals surface area contributed by atoms with E-state index in [2.05, 4.69) is 5.32 Å². The Morgan fingerprint density at radius 2 is 1.77 bits per heavy atom. The van der Waals surface area contributed by atoms with Gasteiger partial charge in [0.25, 0.3) is 0 Å². The summed E-state index contributed by atoms with van der Waals surface area (Å²) < 4.78 is 0. The minimum Gasteiger partial charge on any atom is -0.481 e. The summed E-state index contributed by atoms with van der Waals surface area (Å²) in [6.07, 6.45) is 1.22. The van der Waals surface area contributed by atoms with Crippen LogP contribution in [0.25, 0.3) is 0 Å². The number of carbonyl (C=O) groups excluding carboxylic acids is 2. The first kappa shape index (κ1) is 20.7. The van der Waals surface area contributed by atoms with Crippen LogP contribution in [0.2, 0.25) is 0 Å². The molecule has 0 saturated carbocycles. The Hall–Kier alpha value is -1.26. The molecule has 0 aliphatic rings. The summed E-state index contributed by atoms with van der Waals surface area (Å²) in [5.74, 6) is -2.80. The van der Waals surface area contributed by atoms with Gasteiger partial charge < -0.3 is 21.3 Å². The van der Waals surface area contributed by atoms with Crippen LogP contribution >= 0.6 is 21.6 Å². The fourth-order valence-corrected chi connectivity index (χ4v) is 2.79. The zero-order valence-corrected chi connectivity index (χ0v) is 13.7. The van der Waals surface area contributed by atoms with E-state index in [4.69, 9.17) is 15.9 Å². The Morgan fingerprint density at radius 3 is 2.27 bits per heavy atom. The molecule has 0 aliphatic heterocycles. The quantitative estimate of drug-likeness (QED) is 0.359. The summed E-state index contributed by atoms with van der Waals surface area (Å²) >= 11 is 0. The lowest BCUT2D eigenvalue weighted by atomic mass is 10.1. The van der Waals surface area contributed by atoms with Crippen molar-refractivity contribution in [2.45, 2.75) is 37.8 Å². The van der Waals surface area contributed by atoms with Crippen molar-refractivity contribution in [3.63, 3.8) is 0 Å². The average Bonchev–Trinajstić information content (AvgIpc) is 2.46. The summed E-state index contributed by atoms with van der Waals surface area (Å²) in [6, 6.07) is -1.92. The number of aliphatic carboxylic acids is 2. The van der Waals surface area contributed by atoms with Gasteiger partial charge in [-0.2, -0.15) is 0 Å². The van der Waals surface area contributed by atoms with Crippen LogP contribution in [0.3, 0.4) is 0 Å². The first-order valence-electron chi connectivity index (χ1n) is 6.45. The average molecular weight is 352 g/mol. The molecule has 0 aromatic rings. The minimum atomic E-state index is -1.19. The molecule has 22 heavy (non-hydrogen) atoms. The minimum absolute atomic E-state index is 0.0348. The third-order valence-electron chi connectivity index (χ3n) is 2.66. The predicted molar refractivity (Wildman–Crippen MR) is 84.6 cm³/mol. The maximum absolute atomic E-state index is 11.9. The number of Topliss-reactive ketones (excluding diaryl/α,β-unsaturated/α-hetero) is 1. The van der Waals surface area contributed by atoms with Gasteiger partial charge in [-0.25, -0.2) is 0 Å². The number of hydrogen-bond donors (Lipinski definition) is 4. The van der Waals surface area contributed by atoms with Crippen LogP contribution in [0.4, 0.5) is 0 Å². The molecule has 2 atom stereocenters. The fraction of sp³-hybridized carbons (Fsp3) is 0.667. The van der Waals surface area contributed by atoms with Crippen LogP contribution in [0.1, 0.15) is 25.7 Å². The zero-order chi connectivity index (χ0) is 17.1. The number of hydrogen-bond acceptors (Lipinski definition) is 7. The molecule has 5 N–H and O–H groups in total. The van der Waals surface area contributed by atoms with E-state index < -0.39 is 29.9 Å². The van der Waals surface area contributed by atoms with Crippen LogP contribution in [-0.4, -0.2) is 57.9 Å². The van der Waals surface area contributed by atoms with Gasteiger partial charge in [-0.1, -0.05) is 21.6 Å². The molecule has 0 heterocycles. The van der Waals surface area contributed by atoms with E-state index in [-0.39, 0.29) is 31.5 Å². The van der Waals surface area contributed by atoms with Gasteiger partial charge >= 0.3 is 11.9 Å². The Morgan fingerprint density at radius 1 is 1.14 bits per heavy atom. The first-order chi connectivity index (χ1) is 10.3. The predicted octanol–water partition coefficient (Wildman–Crippen LogP) is 0.108. The number of carboxylic acids is 2. The van der Waals surface area contributed by atoms with Gasteiger partial charge in [-0.3, -0.25) is 19.2 Å². The highest BCUT2D eigenvalue weighted by Gasteiger charge is 2.22. The SMILES string of the molecule is CSSC[C@H](NC(=O)CC[C@H](N)C(=O)O)C(=O)CCC(=O)O. The Kier molecular flexibility index (Phi) is 10.7. The second-order valence-electron chi connectivity index (χ2n) is 4.41. The highest BCUT2D eigenvalue weighted by atomic mass is 33.1. The van der Waals surface area contributed by atoms with Gasteiger partial charge in [-0.15, -0.1) is 0 Å². The molecule has 0 aliphatic carbocycles. The third kappa shape index (κ3) is 9.64. The smallest absolute Gasteiger partial charge is 0.320 e. The molecule has 0 bridgehead atoms. The van der Waals surface area contributed by atoms with Gasteiger partial charge in [0, 0.05) is 18.6 Å². The van der Waals surface area contributed by atoms with Crippen molar-refractivity contribution in [2.75, 3.05) is 12.0 Å². The van der Waals surface area contributed by atoms with Gasteiger partial charge in [0.2, 0.25) is 5.91 Å². The third-order valence-corrected chi connectivity index (χ3v) is 4.48. The molecule has 0 aromatic heterocycles. The maximum atomic E-state index is 11.9.